The monoisotopic (exact) mass is 389 g/mol. The Morgan fingerprint density at radius 1 is 1.25 bits per heavy atom. The third-order valence-corrected chi connectivity index (χ3v) is 5.68. The van der Waals surface area contributed by atoms with Crippen molar-refractivity contribution in [2.24, 2.45) is 5.92 Å². The lowest BCUT2D eigenvalue weighted by molar-refractivity contribution is -0.140. The van der Waals surface area contributed by atoms with Gasteiger partial charge in [-0.05, 0) is 31.7 Å². The van der Waals surface area contributed by atoms with Gasteiger partial charge in [0.2, 0.25) is 11.8 Å². The summed E-state index contributed by atoms with van der Waals surface area (Å²) in [6.45, 7) is 5.90. The first kappa shape index (κ1) is 20.6. The lowest BCUT2D eigenvalue weighted by atomic mass is 9.97. The summed E-state index contributed by atoms with van der Waals surface area (Å²) in [5.41, 5.74) is 1.03. The summed E-state index contributed by atoms with van der Waals surface area (Å²) in [6.07, 6.45) is 1.83. The van der Waals surface area contributed by atoms with Crippen LogP contribution in [0.25, 0.3) is 0 Å². The van der Waals surface area contributed by atoms with E-state index in [4.69, 9.17) is 4.74 Å². The highest BCUT2D eigenvalue weighted by atomic mass is 16.5. The number of rotatable bonds is 7. The van der Waals surface area contributed by atoms with Crippen LogP contribution >= 0.6 is 0 Å². The van der Waals surface area contributed by atoms with Crippen molar-refractivity contribution in [1.82, 2.24) is 15.1 Å². The van der Waals surface area contributed by atoms with Gasteiger partial charge in [-0.1, -0.05) is 18.2 Å². The SMILES string of the molecule is CCOc1ccccc1CN1CCNC(=O)[C@H]1CC(=O)N1CCC(CO)CC1. The van der Waals surface area contributed by atoms with Crippen molar-refractivity contribution < 1.29 is 19.4 Å². The van der Waals surface area contributed by atoms with Crippen molar-refractivity contribution in [3.8, 4) is 5.75 Å². The van der Waals surface area contributed by atoms with Crippen LogP contribution in [0.2, 0.25) is 0 Å². The lowest BCUT2D eigenvalue weighted by Gasteiger charge is -2.37. The highest BCUT2D eigenvalue weighted by Crippen LogP contribution is 2.23. The zero-order chi connectivity index (χ0) is 19.9. The van der Waals surface area contributed by atoms with Crippen LogP contribution in [0.3, 0.4) is 0 Å². The summed E-state index contributed by atoms with van der Waals surface area (Å²) in [6, 6.07) is 7.39. The van der Waals surface area contributed by atoms with E-state index < -0.39 is 6.04 Å². The molecular weight excluding hydrogens is 358 g/mol. The molecule has 2 fully saturated rings. The number of nitrogens with one attached hydrogen (secondary N) is 1. The fourth-order valence-corrected chi connectivity index (χ4v) is 3.98. The van der Waals surface area contributed by atoms with Crippen LogP contribution in [0, 0.1) is 5.92 Å². The second-order valence-electron chi connectivity index (χ2n) is 7.53. The summed E-state index contributed by atoms with van der Waals surface area (Å²) in [4.78, 5) is 29.3. The van der Waals surface area contributed by atoms with E-state index in [1.807, 2.05) is 36.1 Å². The second-order valence-corrected chi connectivity index (χ2v) is 7.53. The Morgan fingerprint density at radius 3 is 2.71 bits per heavy atom. The van der Waals surface area contributed by atoms with E-state index in [1.165, 1.54) is 0 Å². The van der Waals surface area contributed by atoms with E-state index in [1.54, 1.807) is 0 Å². The molecule has 2 saturated heterocycles. The van der Waals surface area contributed by atoms with Gasteiger partial charge in [0, 0.05) is 44.9 Å². The number of aliphatic hydroxyl groups excluding tert-OH is 1. The van der Waals surface area contributed by atoms with Crippen LogP contribution in [0.15, 0.2) is 24.3 Å². The number of likely N-dealkylation sites (tertiary alicyclic amines) is 1. The molecular formula is C21H31N3O4. The minimum atomic E-state index is -0.466. The number of aliphatic hydroxyl groups is 1. The number of benzene rings is 1. The molecule has 1 aromatic carbocycles. The Balaban J connectivity index is 1.66. The van der Waals surface area contributed by atoms with Crippen LogP contribution in [0.1, 0.15) is 31.7 Å². The first-order chi connectivity index (χ1) is 13.6. The molecule has 154 valence electrons. The number of carbonyl (C=O) groups excluding carboxylic acids is 2. The second kappa shape index (κ2) is 9.89. The molecule has 3 rings (SSSR count). The van der Waals surface area contributed by atoms with Gasteiger partial charge in [-0.25, -0.2) is 0 Å². The molecule has 7 heteroatoms. The van der Waals surface area contributed by atoms with Crippen LogP contribution in [-0.2, 0) is 16.1 Å². The molecule has 2 aliphatic heterocycles. The Hall–Kier alpha value is -2.12. The molecule has 2 N–H and O–H groups in total. The minimum Gasteiger partial charge on any atom is -0.494 e. The predicted octanol–water partition coefficient (Wildman–Crippen LogP) is 1.01. The molecule has 0 unspecified atom stereocenters. The maximum Gasteiger partial charge on any atom is 0.237 e. The molecule has 2 heterocycles. The van der Waals surface area contributed by atoms with Crippen LogP contribution in [-0.4, -0.2) is 72.2 Å². The van der Waals surface area contributed by atoms with Crippen LogP contribution < -0.4 is 10.1 Å². The quantitative estimate of drug-likeness (QED) is 0.727. The number of piperidine rings is 1. The van der Waals surface area contributed by atoms with E-state index >= 15 is 0 Å². The molecule has 2 amide bonds. The first-order valence-corrected chi connectivity index (χ1v) is 10.2. The van der Waals surface area contributed by atoms with Gasteiger partial charge >= 0.3 is 0 Å². The molecule has 0 aromatic heterocycles. The average Bonchev–Trinajstić information content (AvgIpc) is 2.72. The number of hydrogen-bond acceptors (Lipinski definition) is 5. The van der Waals surface area contributed by atoms with Gasteiger partial charge < -0.3 is 20.1 Å². The number of nitrogens with zero attached hydrogens (tertiary/aromatic N) is 2. The molecule has 28 heavy (non-hydrogen) atoms. The topological polar surface area (TPSA) is 82.1 Å². The molecule has 2 aliphatic rings. The Labute approximate surface area is 166 Å². The van der Waals surface area contributed by atoms with E-state index in [2.05, 4.69) is 10.2 Å². The van der Waals surface area contributed by atoms with E-state index in [0.29, 0.717) is 39.3 Å². The van der Waals surface area contributed by atoms with Gasteiger partial charge in [-0.3, -0.25) is 14.5 Å². The lowest BCUT2D eigenvalue weighted by Crippen LogP contribution is -2.56. The summed E-state index contributed by atoms with van der Waals surface area (Å²) in [5.74, 6) is 1.04. The summed E-state index contributed by atoms with van der Waals surface area (Å²) >= 11 is 0. The maximum atomic E-state index is 12.8. The largest absolute Gasteiger partial charge is 0.494 e. The van der Waals surface area contributed by atoms with E-state index in [-0.39, 0.29) is 30.8 Å². The molecule has 0 radical (unpaired) electrons. The van der Waals surface area contributed by atoms with E-state index in [9.17, 15) is 14.7 Å². The first-order valence-electron chi connectivity index (χ1n) is 10.2. The average molecular weight is 389 g/mol. The molecule has 0 spiro atoms. The van der Waals surface area contributed by atoms with Crippen molar-refractivity contribution in [3.05, 3.63) is 29.8 Å². The van der Waals surface area contributed by atoms with Gasteiger partial charge in [-0.2, -0.15) is 0 Å². The van der Waals surface area contributed by atoms with Crippen molar-refractivity contribution in [2.75, 3.05) is 39.4 Å². The number of ether oxygens (including phenoxy) is 1. The Morgan fingerprint density at radius 2 is 2.00 bits per heavy atom. The van der Waals surface area contributed by atoms with Crippen molar-refractivity contribution >= 4 is 11.8 Å². The Kier molecular flexibility index (Phi) is 7.28. The molecule has 0 saturated carbocycles. The third kappa shape index (κ3) is 5.02. The standard InChI is InChI=1S/C21H31N3O4/c1-2-28-19-6-4-3-5-17(19)14-24-12-9-22-21(27)18(24)13-20(26)23-10-7-16(15-25)8-11-23/h3-6,16,18,25H,2,7-15H2,1H3,(H,22,27)/t18-/m1/s1. The zero-order valence-corrected chi connectivity index (χ0v) is 16.6. The summed E-state index contributed by atoms with van der Waals surface area (Å²) in [7, 11) is 0. The zero-order valence-electron chi connectivity index (χ0n) is 16.6. The number of para-hydroxylation sites is 1. The van der Waals surface area contributed by atoms with Crippen molar-refractivity contribution in [2.45, 2.75) is 38.8 Å². The van der Waals surface area contributed by atoms with Crippen molar-refractivity contribution in [1.29, 1.82) is 0 Å². The number of piperazine rings is 1. The molecule has 1 atom stereocenters. The molecule has 0 aliphatic carbocycles. The summed E-state index contributed by atoms with van der Waals surface area (Å²) in [5, 5.41) is 12.2. The predicted molar refractivity (Wildman–Crippen MR) is 106 cm³/mol. The number of amides is 2. The fraction of sp³-hybridized carbons (Fsp3) is 0.619. The normalized spacial score (nSPS) is 21.4. The van der Waals surface area contributed by atoms with Gasteiger partial charge in [0.05, 0.1) is 19.1 Å². The van der Waals surface area contributed by atoms with Gasteiger partial charge in [0.1, 0.15) is 5.75 Å². The van der Waals surface area contributed by atoms with Gasteiger partial charge in [0.25, 0.3) is 0 Å². The molecule has 7 nitrogen and oxygen atoms in total. The minimum absolute atomic E-state index is 0.0153. The summed E-state index contributed by atoms with van der Waals surface area (Å²) < 4.78 is 5.71. The van der Waals surface area contributed by atoms with Gasteiger partial charge in [0.15, 0.2) is 0 Å². The van der Waals surface area contributed by atoms with Crippen LogP contribution in [0.4, 0.5) is 0 Å². The molecule has 0 bridgehead atoms. The number of carbonyl (C=O) groups is 2. The Bertz CT molecular complexity index is 673. The third-order valence-electron chi connectivity index (χ3n) is 5.68. The molecule has 1 aromatic rings. The fourth-order valence-electron chi connectivity index (χ4n) is 3.98. The smallest absolute Gasteiger partial charge is 0.237 e. The van der Waals surface area contributed by atoms with Crippen LogP contribution in [0.5, 0.6) is 5.75 Å². The maximum absolute atomic E-state index is 12.8. The van der Waals surface area contributed by atoms with Crippen molar-refractivity contribution in [3.63, 3.8) is 0 Å². The van der Waals surface area contributed by atoms with E-state index in [0.717, 1.165) is 24.2 Å². The number of hydrogen-bond donors (Lipinski definition) is 2. The highest BCUT2D eigenvalue weighted by molar-refractivity contribution is 5.88. The highest BCUT2D eigenvalue weighted by Gasteiger charge is 2.34. The van der Waals surface area contributed by atoms with Gasteiger partial charge in [-0.15, -0.1) is 0 Å².